The first-order valence-corrected chi connectivity index (χ1v) is 4.67. The Morgan fingerprint density at radius 3 is 2.83 bits per heavy atom. The molecule has 1 aliphatic carbocycles. The molecule has 1 saturated heterocycles. The van der Waals surface area contributed by atoms with Crippen LogP contribution in [-0.4, -0.2) is 6.61 Å². The van der Waals surface area contributed by atoms with Gasteiger partial charge in [0, 0.05) is 0 Å². The number of hydrogen-bond donors (Lipinski definition) is 0. The summed E-state index contributed by atoms with van der Waals surface area (Å²) in [4.78, 5) is 0. The normalized spacial score (nSPS) is 25.5. The lowest BCUT2D eigenvalue weighted by Crippen LogP contribution is -1.86. The van der Waals surface area contributed by atoms with E-state index in [1.54, 1.807) is 11.1 Å². The molecule has 1 heterocycles. The highest BCUT2D eigenvalue weighted by Gasteiger charge is 2.25. The van der Waals surface area contributed by atoms with Gasteiger partial charge in [-0.15, -0.1) is 0 Å². The van der Waals surface area contributed by atoms with Crippen molar-refractivity contribution in [2.24, 2.45) is 0 Å². The molecule has 0 spiro atoms. The zero-order valence-electron chi connectivity index (χ0n) is 7.05. The maximum absolute atomic E-state index is 5.25. The highest BCUT2D eigenvalue weighted by atomic mass is 16.6. The van der Waals surface area contributed by atoms with Gasteiger partial charge in [0.25, 0.3) is 0 Å². The topological polar surface area (TPSA) is 12.5 Å². The lowest BCUT2D eigenvalue weighted by atomic mass is 10.0. The van der Waals surface area contributed by atoms with Crippen LogP contribution in [0.3, 0.4) is 0 Å². The van der Waals surface area contributed by atoms with Gasteiger partial charge in [0.05, 0.1) is 6.61 Å². The van der Waals surface area contributed by atoms with Crippen LogP contribution in [0.4, 0.5) is 0 Å². The van der Waals surface area contributed by atoms with Gasteiger partial charge in [-0.3, -0.25) is 0 Å². The maximum atomic E-state index is 5.25. The average molecular weight is 160 g/mol. The second kappa shape index (κ2) is 2.33. The summed E-state index contributed by atoms with van der Waals surface area (Å²) in [7, 11) is 0. The third-order valence-electron chi connectivity index (χ3n) is 2.83. The maximum Gasteiger partial charge on any atom is 0.106 e. The van der Waals surface area contributed by atoms with Crippen LogP contribution in [0, 0.1) is 0 Å². The van der Waals surface area contributed by atoms with E-state index in [1.807, 2.05) is 0 Å². The van der Waals surface area contributed by atoms with Gasteiger partial charge >= 0.3 is 0 Å². The van der Waals surface area contributed by atoms with Crippen molar-refractivity contribution in [2.45, 2.75) is 25.4 Å². The smallest absolute Gasteiger partial charge is 0.106 e. The van der Waals surface area contributed by atoms with E-state index >= 15 is 0 Å². The third-order valence-corrected chi connectivity index (χ3v) is 2.83. The molecular formula is C11H12O. The fourth-order valence-corrected chi connectivity index (χ4v) is 2.03. The minimum atomic E-state index is 0.427. The van der Waals surface area contributed by atoms with E-state index < -0.39 is 0 Å². The quantitative estimate of drug-likeness (QED) is 0.574. The molecule has 0 radical (unpaired) electrons. The Morgan fingerprint density at radius 2 is 2.00 bits per heavy atom. The molecule has 0 amide bonds. The van der Waals surface area contributed by atoms with E-state index in [9.17, 15) is 0 Å². The molecule has 1 aromatic carbocycles. The molecule has 1 atom stereocenters. The van der Waals surface area contributed by atoms with Gasteiger partial charge in [0.15, 0.2) is 0 Å². The molecule has 1 fully saturated rings. The molecule has 2 aliphatic rings. The zero-order valence-corrected chi connectivity index (χ0v) is 7.05. The predicted molar refractivity (Wildman–Crippen MR) is 47.2 cm³/mol. The third kappa shape index (κ3) is 0.969. The molecule has 1 heteroatoms. The summed E-state index contributed by atoms with van der Waals surface area (Å²) in [6.45, 7) is 0.929. The Hall–Kier alpha value is -0.820. The van der Waals surface area contributed by atoms with E-state index in [0.29, 0.717) is 6.10 Å². The molecule has 62 valence electrons. The molecule has 0 N–H and O–H groups in total. The number of aryl methyl sites for hydroxylation is 2. The number of rotatable bonds is 1. The summed E-state index contributed by atoms with van der Waals surface area (Å²) < 4.78 is 5.25. The molecule has 1 aromatic rings. The number of ether oxygens (including phenoxy) is 1. The Labute approximate surface area is 72.4 Å². The second-order valence-electron chi connectivity index (χ2n) is 3.70. The number of epoxide rings is 1. The molecule has 1 nitrogen and oxygen atoms in total. The molecule has 0 aromatic heterocycles. The van der Waals surface area contributed by atoms with Crippen molar-refractivity contribution >= 4 is 0 Å². The Bertz CT molecular complexity index is 313. The standard InChI is InChI=1S/C11H12O/c1-2-8-4-5-10(11-7-12-11)6-9(8)3-1/h4-6,11H,1-3,7H2/t11-/m0/s1. The second-order valence-corrected chi connectivity index (χ2v) is 3.70. The zero-order chi connectivity index (χ0) is 7.97. The van der Waals surface area contributed by atoms with E-state index in [0.717, 1.165) is 6.61 Å². The summed E-state index contributed by atoms with van der Waals surface area (Å²) in [5, 5.41) is 0. The number of hydrogen-bond acceptors (Lipinski definition) is 1. The summed E-state index contributed by atoms with van der Waals surface area (Å²) >= 11 is 0. The Balaban J connectivity index is 2.03. The van der Waals surface area contributed by atoms with Gasteiger partial charge in [0.1, 0.15) is 6.10 Å². The molecule has 0 unspecified atom stereocenters. The largest absolute Gasteiger partial charge is 0.368 e. The lowest BCUT2D eigenvalue weighted by molar-refractivity contribution is 0.415. The summed E-state index contributed by atoms with van der Waals surface area (Å²) in [5.41, 5.74) is 4.50. The van der Waals surface area contributed by atoms with E-state index in [4.69, 9.17) is 4.74 Å². The SMILES string of the molecule is c1cc2c(cc1[C@@H]1CO1)CCC2. The van der Waals surface area contributed by atoms with Crippen molar-refractivity contribution in [3.8, 4) is 0 Å². The molecule has 0 saturated carbocycles. The molecule has 3 rings (SSSR count). The molecule has 1 aliphatic heterocycles. The summed E-state index contributed by atoms with van der Waals surface area (Å²) in [6.07, 6.45) is 4.32. The Morgan fingerprint density at radius 1 is 1.17 bits per heavy atom. The van der Waals surface area contributed by atoms with Crippen molar-refractivity contribution in [3.63, 3.8) is 0 Å². The minimum Gasteiger partial charge on any atom is -0.368 e. The fourth-order valence-electron chi connectivity index (χ4n) is 2.03. The van der Waals surface area contributed by atoms with E-state index in [2.05, 4.69) is 18.2 Å². The monoisotopic (exact) mass is 160 g/mol. The Kier molecular flexibility index (Phi) is 1.30. The van der Waals surface area contributed by atoms with Crippen LogP contribution in [0.5, 0.6) is 0 Å². The highest BCUT2D eigenvalue weighted by Crippen LogP contribution is 2.32. The lowest BCUT2D eigenvalue weighted by Gasteiger charge is -2.00. The number of fused-ring (bicyclic) bond motifs is 1. The van der Waals surface area contributed by atoms with Gasteiger partial charge in [0.2, 0.25) is 0 Å². The van der Waals surface area contributed by atoms with E-state index in [-0.39, 0.29) is 0 Å². The van der Waals surface area contributed by atoms with Crippen molar-refractivity contribution in [1.82, 2.24) is 0 Å². The van der Waals surface area contributed by atoms with Crippen LogP contribution in [0.25, 0.3) is 0 Å². The van der Waals surface area contributed by atoms with Crippen molar-refractivity contribution < 1.29 is 4.74 Å². The van der Waals surface area contributed by atoms with Crippen LogP contribution >= 0.6 is 0 Å². The first-order chi connectivity index (χ1) is 5.93. The molecular weight excluding hydrogens is 148 g/mol. The molecule has 0 bridgehead atoms. The van der Waals surface area contributed by atoms with Crippen molar-refractivity contribution in [1.29, 1.82) is 0 Å². The van der Waals surface area contributed by atoms with Gasteiger partial charge in [-0.2, -0.15) is 0 Å². The van der Waals surface area contributed by atoms with Gasteiger partial charge < -0.3 is 4.74 Å². The van der Waals surface area contributed by atoms with Crippen molar-refractivity contribution in [2.75, 3.05) is 6.61 Å². The number of benzene rings is 1. The molecule has 12 heavy (non-hydrogen) atoms. The van der Waals surface area contributed by atoms with Gasteiger partial charge in [-0.1, -0.05) is 18.2 Å². The van der Waals surface area contributed by atoms with Gasteiger partial charge in [-0.25, -0.2) is 0 Å². The van der Waals surface area contributed by atoms with Crippen LogP contribution in [0.1, 0.15) is 29.2 Å². The summed E-state index contributed by atoms with van der Waals surface area (Å²) in [6, 6.07) is 6.83. The first kappa shape index (κ1) is 6.67. The average Bonchev–Trinajstić information content (AvgIpc) is 2.84. The van der Waals surface area contributed by atoms with E-state index in [1.165, 1.54) is 24.8 Å². The summed E-state index contributed by atoms with van der Waals surface area (Å²) in [5.74, 6) is 0. The first-order valence-electron chi connectivity index (χ1n) is 4.67. The predicted octanol–water partition coefficient (Wildman–Crippen LogP) is 2.25. The highest BCUT2D eigenvalue weighted by molar-refractivity contribution is 5.36. The van der Waals surface area contributed by atoms with Gasteiger partial charge in [-0.05, 0) is 36.0 Å². The van der Waals surface area contributed by atoms with Crippen LogP contribution in [-0.2, 0) is 17.6 Å². The van der Waals surface area contributed by atoms with Crippen molar-refractivity contribution in [3.05, 3.63) is 34.9 Å². The van der Waals surface area contributed by atoms with Crippen LogP contribution in [0.2, 0.25) is 0 Å². The fraction of sp³-hybridized carbons (Fsp3) is 0.455. The van der Waals surface area contributed by atoms with Crippen LogP contribution in [0.15, 0.2) is 18.2 Å². The van der Waals surface area contributed by atoms with Crippen LogP contribution < -0.4 is 0 Å². The minimum absolute atomic E-state index is 0.427.